The third kappa shape index (κ3) is 8.50. The van der Waals surface area contributed by atoms with Crippen molar-refractivity contribution < 1.29 is 19.1 Å². The van der Waals surface area contributed by atoms with Crippen LogP contribution in [0.2, 0.25) is 0 Å². The van der Waals surface area contributed by atoms with Crippen LogP contribution in [-0.4, -0.2) is 19.6 Å². The summed E-state index contributed by atoms with van der Waals surface area (Å²) in [5.41, 5.74) is 1.01. The minimum atomic E-state index is 0.309. The maximum absolute atomic E-state index is 9.76. The number of hydrogen-bond acceptors (Lipinski definition) is 4. The average Bonchev–Trinajstić information content (AvgIpc) is 2.36. The van der Waals surface area contributed by atoms with Crippen LogP contribution in [0.4, 0.5) is 0 Å². The van der Waals surface area contributed by atoms with E-state index in [2.05, 4.69) is 16.1 Å². The summed E-state index contributed by atoms with van der Waals surface area (Å²) in [6.07, 6.45) is 1.51. The van der Waals surface area contributed by atoms with Gasteiger partial charge in [-0.05, 0) is 5.56 Å². The van der Waals surface area contributed by atoms with Crippen LogP contribution in [0.25, 0.3) is 0 Å². The van der Waals surface area contributed by atoms with E-state index in [1.807, 2.05) is 30.3 Å². The van der Waals surface area contributed by atoms with Crippen LogP contribution in [0.1, 0.15) is 5.56 Å². The molecule has 4 heteroatoms. The Bertz CT molecular complexity index is 287. The molecule has 0 fully saturated rings. The fraction of sp³-hybridized carbons (Fsp3) is 0.167. The molecule has 4 nitrogen and oxygen atoms in total. The van der Waals surface area contributed by atoms with Gasteiger partial charge in [-0.2, -0.15) is 0 Å². The lowest BCUT2D eigenvalue weighted by Gasteiger charge is -1.95. The van der Waals surface area contributed by atoms with Crippen LogP contribution in [0.5, 0.6) is 0 Å². The summed E-state index contributed by atoms with van der Waals surface area (Å²) in [4.78, 5) is 19.0. The van der Waals surface area contributed by atoms with E-state index in [1.54, 1.807) is 0 Å². The lowest BCUT2D eigenvalue weighted by Crippen LogP contribution is -1.88. The van der Waals surface area contributed by atoms with Gasteiger partial charge in [0.1, 0.15) is 13.2 Å². The van der Waals surface area contributed by atoms with E-state index in [-0.39, 0.29) is 0 Å². The summed E-state index contributed by atoms with van der Waals surface area (Å²) in [6.45, 7) is 4.83. The second-order valence-corrected chi connectivity index (χ2v) is 2.61. The molecule has 0 bridgehead atoms. The SMILES string of the molecule is C=CCOC=O.O=COCc1ccccc1. The monoisotopic (exact) mass is 222 g/mol. The summed E-state index contributed by atoms with van der Waals surface area (Å²) in [5, 5.41) is 0. The van der Waals surface area contributed by atoms with Gasteiger partial charge < -0.3 is 9.47 Å². The fourth-order valence-electron chi connectivity index (χ4n) is 0.812. The van der Waals surface area contributed by atoms with E-state index in [9.17, 15) is 9.59 Å². The first-order chi connectivity index (χ1) is 7.85. The molecule has 0 aliphatic heterocycles. The predicted molar refractivity (Wildman–Crippen MR) is 59.5 cm³/mol. The molecule has 1 aromatic carbocycles. The summed E-state index contributed by atoms with van der Waals surface area (Å²) in [6, 6.07) is 9.55. The second-order valence-electron chi connectivity index (χ2n) is 2.61. The Kier molecular flexibility index (Phi) is 9.54. The molecule has 0 amide bonds. The molecule has 0 spiro atoms. The highest BCUT2D eigenvalue weighted by Gasteiger charge is 1.87. The molecule has 0 aliphatic carbocycles. The Balaban J connectivity index is 0.000000325. The van der Waals surface area contributed by atoms with Crippen molar-refractivity contribution in [2.45, 2.75) is 6.61 Å². The van der Waals surface area contributed by atoms with Crippen molar-refractivity contribution >= 4 is 12.9 Å². The predicted octanol–water partition coefficient (Wildman–Crippen LogP) is 1.71. The Hall–Kier alpha value is -2.10. The van der Waals surface area contributed by atoms with Crippen molar-refractivity contribution in [3.8, 4) is 0 Å². The van der Waals surface area contributed by atoms with E-state index >= 15 is 0 Å². The van der Waals surface area contributed by atoms with Gasteiger partial charge in [-0.3, -0.25) is 9.59 Å². The Morgan fingerprint density at radius 1 is 1.06 bits per heavy atom. The molecule has 86 valence electrons. The highest BCUT2D eigenvalue weighted by molar-refractivity contribution is 5.37. The van der Waals surface area contributed by atoms with Crippen LogP contribution in [-0.2, 0) is 25.7 Å². The summed E-state index contributed by atoms with van der Waals surface area (Å²) < 4.78 is 8.72. The number of hydrogen-bond donors (Lipinski definition) is 0. The Morgan fingerprint density at radius 2 is 1.69 bits per heavy atom. The second kappa shape index (κ2) is 11.0. The van der Waals surface area contributed by atoms with Crippen LogP contribution in [0.3, 0.4) is 0 Å². The minimum Gasteiger partial charge on any atom is -0.464 e. The highest BCUT2D eigenvalue weighted by Crippen LogP contribution is 1.98. The third-order valence-corrected chi connectivity index (χ3v) is 1.44. The molecule has 0 atom stereocenters. The molecule has 16 heavy (non-hydrogen) atoms. The van der Waals surface area contributed by atoms with Crippen molar-refractivity contribution in [2.75, 3.05) is 6.61 Å². The maximum atomic E-state index is 9.76. The minimum absolute atomic E-state index is 0.309. The lowest BCUT2D eigenvalue weighted by molar-refractivity contribution is -0.130. The van der Waals surface area contributed by atoms with Gasteiger partial charge in [0.15, 0.2) is 0 Å². The lowest BCUT2D eigenvalue weighted by atomic mass is 10.2. The average molecular weight is 222 g/mol. The summed E-state index contributed by atoms with van der Waals surface area (Å²) in [7, 11) is 0. The molecule has 0 radical (unpaired) electrons. The van der Waals surface area contributed by atoms with Gasteiger partial charge in [-0.1, -0.05) is 43.0 Å². The number of rotatable bonds is 6. The number of carbonyl (C=O) groups excluding carboxylic acids is 2. The normalized spacial score (nSPS) is 8.00. The molecule has 0 N–H and O–H groups in total. The molecule has 0 unspecified atom stereocenters. The van der Waals surface area contributed by atoms with Crippen LogP contribution in [0, 0.1) is 0 Å². The van der Waals surface area contributed by atoms with Gasteiger partial charge in [-0.25, -0.2) is 0 Å². The highest BCUT2D eigenvalue weighted by atomic mass is 16.5. The first-order valence-corrected chi connectivity index (χ1v) is 4.60. The number of ether oxygens (including phenoxy) is 2. The molecular weight excluding hydrogens is 208 g/mol. The molecular formula is C12H14O4. The van der Waals surface area contributed by atoms with Crippen molar-refractivity contribution in [3.63, 3.8) is 0 Å². The van der Waals surface area contributed by atoms with Crippen LogP contribution in [0.15, 0.2) is 43.0 Å². The third-order valence-electron chi connectivity index (χ3n) is 1.44. The van der Waals surface area contributed by atoms with Gasteiger partial charge in [0.2, 0.25) is 0 Å². The van der Waals surface area contributed by atoms with Crippen molar-refractivity contribution in [1.82, 2.24) is 0 Å². The van der Waals surface area contributed by atoms with E-state index in [1.165, 1.54) is 6.08 Å². The first-order valence-electron chi connectivity index (χ1n) is 4.60. The maximum Gasteiger partial charge on any atom is 0.293 e. The molecule has 1 aromatic rings. The molecule has 0 aromatic heterocycles. The molecule has 0 saturated heterocycles. The quantitative estimate of drug-likeness (QED) is 0.417. The zero-order valence-electron chi connectivity index (χ0n) is 8.87. The largest absolute Gasteiger partial charge is 0.464 e. The van der Waals surface area contributed by atoms with Crippen LogP contribution >= 0.6 is 0 Å². The van der Waals surface area contributed by atoms with E-state index in [0.29, 0.717) is 26.2 Å². The standard InChI is InChI=1S/C8H8O2.C4H6O2/c9-7-10-6-8-4-2-1-3-5-8;1-2-3-6-4-5/h1-5,7H,6H2;2,4H,1,3H2. The topological polar surface area (TPSA) is 52.6 Å². The summed E-state index contributed by atoms with van der Waals surface area (Å²) in [5.74, 6) is 0. The summed E-state index contributed by atoms with van der Waals surface area (Å²) >= 11 is 0. The smallest absolute Gasteiger partial charge is 0.293 e. The van der Waals surface area contributed by atoms with Gasteiger partial charge in [0, 0.05) is 0 Å². The Morgan fingerprint density at radius 3 is 2.12 bits per heavy atom. The first kappa shape index (κ1) is 13.9. The van der Waals surface area contributed by atoms with Gasteiger partial charge in [-0.15, -0.1) is 0 Å². The Labute approximate surface area is 94.5 Å². The van der Waals surface area contributed by atoms with Gasteiger partial charge in [0.05, 0.1) is 0 Å². The molecule has 0 aliphatic rings. The zero-order chi connectivity index (χ0) is 12.1. The fourth-order valence-corrected chi connectivity index (χ4v) is 0.812. The van der Waals surface area contributed by atoms with Crippen molar-refractivity contribution in [1.29, 1.82) is 0 Å². The molecule has 1 rings (SSSR count). The van der Waals surface area contributed by atoms with Gasteiger partial charge in [0.25, 0.3) is 12.9 Å². The van der Waals surface area contributed by atoms with E-state index in [0.717, 1.165) is 5.56 Å². The van der Waals surface area contributed by atoms with Crippen molar-refractivity contribution in [2.24, 2.45) is 0 Å². The van der Waals surface area contributed by atoms with E-state index in [4.69, 9.17) is 0 Å². The van der Waals surface area contributed by atoms with E-state index < -0.39 is 0 Å². The van der Waals surface area contributed by atoms with Crippen LogP contribution < -0.4 is 0 Å². The number of carbonyl (C=O) groups is 2. The van der Waals surface area contributed by atoms with Gasteiger partial charge >= 0.3 is 0 Å². The zero-order valence-corrected chi connectivity index (χ0v) is 8.87. The number of benzene rings is 1. The molecule has 0 saturated carbocycles. The molecule has 0 heterocycles. The van der Waals surface area contributed by atoms with Crippen molar-refractivity contribution in [3.05, 3.63) is 48.6 Å².